The van der Waals surface area contributed by atoms with Gasteiger partial charge in [0.25, 0.3) is 0 Å². The van der Waals surface area contributed by atoms with Crippen LogP contribution in [0.2, 0.25) is 5.02 Å². The molecule has 0 fully saturated rings. The van der Waals surface area contributed by atoms with Crippen LogP contribution in [0.15, 0.2) is 42.5 Å². The average Bonchev–Trinajstić information content (AvgIpc) is 2.67. The second-order valence-electron chi connectivity index (χ2n) is 3.94. The largest absolute Gasteiger partial charge is 0.493 e. The van der Waals surface area contributed by atoms with Crippen LogP contribution in [0.3, 0.4) is 0 Å². The first-order valence-electron chi connectivity index (χ1n) is 8.10. The number of benzene rings is 2. The molecule has 0 N–H and O–H groups in total. The number of hydrogen-bond acceptors (Lipinski definition) is 3. The predicted molar refractivity (Wildman–Crippen MR) is 105 cm³/mol. The summed E-state index contributed by atoms with van der Waals surface area (Å²) >= 11 is 5.71. The van der Waals surface area contributed by atoms with Gasteiger partial charge >= 0.3 is 0 Å². The van der Waals surface area contributed by atoms with E-state index in [2.05, 4.69) is 0 Å². The maximum absolute atomic E-state index is 5.71. The molecule has 2 rings (SSSR count). The van der Waals surface area contributed by atoms with Gasteiger partial charge in [0.1, 0.15) is 0 Å². The van der Waals surface area contributed by atoms with Crippen molar-refractivity contribution in [1.29, 1.82) is 0 Å². The first-order chi connectivity index (χ1) is 11.6. The first-order valence-corrected chi connectivity index (χ1v) is 8.48. The lowest BCUT2D eigenvalue weighted by atomic mass is 10.2. The Balaban J connectivity index is 0. The third-order valence-corrected chi connectivity index (χ3v) is 3.09. The second kappa shape index (κ2) is 16.0. The van der Waals surface area contributed by atoms with Gasteiger partial charge in [-0.05, 0) is 30.7 Å². The molecule has 0 aliphatic heterocycles. The maximum Gasteiger partial charge on any atom is 0.203 e. The molecule has 0 amide bonds. The molecule has 0 atom stereocenters. The summed E-state index contributed by atoms with van der Waals surface area (Å²) in [4.78, 5) is 0. The van der Waals surface area contributed by atoms with Gasteiger partial charge in [0.2, 0.25) is 5.75 Å². The number of halogens is 1. The Morgan fingerprint density at radius 3 is 1.42 bits per heavy atom. The number of para-hydroxylation sites is 1. The molecule has 4 heteroatoms. The smallest absolute Gasteiger partial charge is 0.203 e. The molecule has 0 radical (unpaired) electrons. The molecule has 0 saturated heterocycles. The highest BCUT2D eigenvalue weighted by Gasteiger charge is 2.08. The number of aryl methyl sites for hydroxylation is 1. The van der Waals surface area contributed by atoms with E-state index in [1.807, 2.05) is 77.1 Å². The molecular weight excluding hydrogens is 324 g/mol. The van der Waals surface area contributed by atoms with Crippen molar-refractivity contribution in [1.82, 2.24) is 0 Å². The minimum Gasteiger partial charge on any atom is -0.493 e. The van der Waals surface area contributed by atoms with Crippen molar-refractivity contribution in [2.75, 3.05) is 21.3 Å². The SMILES string of the molecule is CC.CC.COc1cccc(OC)c1OC.Cc1ccccc1Cl. The monoisotopic (exact) mass is 354 g/mol. The fourth-order valence-corrected chi connectivity index (χ4v) is 1.71. The van der Waals surface area contributed by atoms with Crippen molar-refractivity contribution >= 4 is 11.6 Å². The van der Waals surface area contributed by atoms with Gasteiger partial charge in [0, 0.05) is 5.02 Å². The van der Waals surface area contributed by atoms with Crippen LogP contribution in [-0.2, 0) is 0 Å². The summed E-state index contributed by atoms with van der Waals surface area (Å²) in [6.07, 6.45) is 0. The Morgan fingerprint density at radius 2 is 1.12 bits per heavy atom. The number of hydrogen-bond donors (Lipinski definition) is 0. The molecular formula is C20H31ClO3. The third-order valence-electron chi connectivity index (χ3n) is 2.66. The van der Waals surface area contributed by atoms with Gasteiger partial charge < -0.3 is 14.2 Å². The topological polar surface area (TPSA) is 27.7 Å². The summed E-state index contributed by atoms with van der Waals surface area (Å²) in [6.45, 7) is 9.99. The fourth-order valence-electron chi connectivity index (χ4n) is 1.57. The van der Waals surface area contributed by atoms with Gasteiger partial charge in [0.05, 0.1) is 21.3 Å². The number of methoxy groups -OCH3 is 3. The van der Waals surface area contributed by atoms with Crippen molar-refractivity contribution in [3.63, 3.8) is 0 Å². The molecule has 136 valence electrons. The molecule has 24 heavy (non-hydrogen) atoms. The molecule has 0 unspecified atom stereocenters. The molecule has 0 bridgehead atoms. The number of ether oxygens (including phenoxy) is 3. The lowest BCUT2D eigenvalue weighted by molar-refractivity contribution is 0.324. The minimum atomic E-state index is 0.627. The van der Waals surface area contributed by atoms with Crippen LogP contribution in [0.1, 0.15) is 33.3 Å². The fraction of sp³-hybridized carbons (Fsp3) is 0.400. The predicted octanol–water partition coefficient (Wildman–Crippen LogP) is 6.41. The van der Waals surface area contributed by atoms with Crippen LogP contribution in [0.4, 0.5) is 0 Å². The Hall–Kier alpha value is -1.87. The van der Waals surface area contributed by atoms with Crippen LogP contribution in [0, 0.1) is 6.92 Å². The maximum atomic E-state index is 5.71. The minimum absolute atomic E-state index is 0.627. The van der Waals surface area contributed by atoms with E-state index in [1.54, 1.807) is 21.3 Å². The van der Waals surface area contributed by atoms with Crippen LogP contribution in [0.25, 0.3) is 0 Å². The zero-order valence-corrected chi connectivity index (χ0v) is 16.9. The Labute approximate surface area is 152 Å². The van der Waals surface area contributed by atoms with Crippen LogP contribution in [0.5, 0.6) is 17.2 Å². The molecule has 2 aromatic rings. The van der Waals surface area contributed by atoms with E-state index in [9.17, 15) is 0 Å². The lowest BCUT2D eigenvalue weighted by Crippen LogP contribution is -1.93. The molecule has 0 aliphatic rings. The molecule has 2 aromatic carbocycles. The first kappa shape index (κ1) is 24.4. The van der Waals surface area contributed by atoms with E-state index < -0.39 is 0 Å². The van der Waals surface area contributed by atoms with Gasteiger partial charge in [0.15, 0.2) is 11.5 Å². The van der Waals surface area contributed by atoms with Gasteiger partial charge in [-0.3, -0.25) is 0 Å². The lowest BCUT2D eigenvalue weighted by Gasteiger charge is -2.10. The second-order valence-corrected chi connectivity index (χ2v) is 4.35. The third kappa shape index (κ3) is 8.68. The highest BCUT2D eigenvalue weighted by atomic mass is 35.5. The summed E-state index contributed by atoms with van der Waals surface area (Å²) in [5.41, 5.74) is 1.13. The van der Waals surface area contributed by atoms with E-state index in [1.165, 1.54) is 0 Å². The summed E-state index contributed by atoms with van der Waals surface area (Å²) in [7, 11) is 4.77. The van der Waals surface area contributed by atoms with Gasteiger partial charge in [-0.1, -0.05) is 63.6 Å². The Morgan fingerprint density at radius 1 is 0.667 bits per heavy atom. The molecule has 0 spiro atoms. The van der Waals surface area contributed by atoms with Gasteiger partial charge in [-0.25, -0.2) is 0 Å². The standard InChI is InChI=1S/C9H12O3.C7H7Cl.2C2H6/c1-10-7-5-4-6-8(11-2)9(7)12-3;1-6-4-2-3-5-7(6)8;2*1-2/h4-6H,1-3H3;2-5H,1H3;2*1-2H3. The van der Waals surface area contributed by atoms with E-state index in [0.717, 1.165) is 10.6 Å². The average molecular weight is 355 g/mol. The van der Waals surface area contributed by atoms with Crippen molar-refractivity contribution in [3.8, 4) is 17.2 Å². The number of rotatable bonds is 3. The van der Waals surface area contributed by atoms with Crippen molar-refractivity contribution < 1.29 is 14.2 Å². The summed E-state index contributed by atoms with van der Waals surface area (Å²) in [5, 5.41) is 0.840. The molecule has 0 aliphatic carbocycles. The Kier molecular flexibility index (Phi) is 16.3. The van der Waals surface area contributed by atoms with E-state index in [4.69, 9.17) is 25.8 Å². The highest BCUT2D eigenvalue weighted by Crippen LogP contribution is 2.35. The van der Waals surface area contributed by atoms with Crippen molar-refractivity contribution in [2.45, 2.75) is 34.6 Å². The van der Waals surface area contributed by atoms with Crippen LogP contribution >= 0.6 is 11.6 Å². The van der Waals surface area contributed by atoms with E-state index in [-0.39, 0.29) is 0 Å². The van der Waals surface area contributed by atoms with E-state index in [0.29, 0.717) is 17.2 Å². The molecule has 0 aromatic heterocycles. The summed E-state index contributed by atoms with van der Waals surface area (Å²) in [6, 6.07) is 13.3. The van der Waals surface area contributed by atoms with Crippen LogP contribution < -0.4 is 14.2 Å². The summed E-state index contributed by atoms with van der Waals surface area (Å²) < 4.78 is 15.3. The zero-order chi connectivity index (χ0) is 19.0. The van der Waals surface area contributed by atoms with Crippen LogP contribution in [-0.4, -0.2) is 21.3 Å². The zero-order valence-electron chi connectivity index (χ0n) is 16.1. The van der Waals surface area contributed by atoms with Crippen molar-refractivity contribution in [2.24, 2.45) is 0 Å². The molecule has 0 saturated carbocycles. The van der Waals surface area contributed by atoms with E-state index >= 15 is 0 Å². The molecule has 0 heterocycles. The summed E-state index contributed by atoms with van der Waals surface area (Å²) in [5.74, 6) is 1.98. The Bertz CT molecular complexity index is 499. The van der Waals surface area contributed by atoms with Gasteiger partial charge in [-0.2, -0.15) is 0 Å². The van der Waals surface area contributed by atoms with Crippen molar-refractivity contribution in [3.05, 3.63) is 53.1 Å². The molecule has 3 nitrogen and oxygen atoms in total. The normalized spacial score (nSPS) is 8.21. The van der Waals surface area contributed by atoms with Gasteiger partial charge in [-0.15, -0.1) is 0 Å². The highest BCUT2D eigenvalue weighted by molar-refractivity contribution is 6.31. The quantitative estimate of drug-likeness (QED) is 0.637.